The molecule has 0 aliphatic heterocycles. The van der Waals surface area contributed by atoms with Crippen molar-refractivity contribution in [2.75, 3.05) is 0 Å². The van der Waals surface area contributed by atoms with Crippen LogP contribution in [0.1, 0.15) is 5.56 Å². The van der Waals surface area contributed by atoms with E-state index >= 15 is 0 Å². The molecule has 0 unspecified atom stereocenters. The maximum absolute atomic E-state index is 4.32. The number of benzene rings is 6. The van der Waals surface area contributed by atoms with E-state index in [1.54, 1.807) is 0 Å². The van der Waals surface area contributed by atoms with Crippen molar-refractivity contribution in [2.45, 2.75) is 6.92 Å². The van der Waals surface area contributed by atoms with Crippen LogP contribution < -0.4 is 4.57 Å². The fourth-order valence-electron chi connectivity index (χ4n) is 6.67. The number of fused-ring (bicyclic) bond motifs is 7. The molecule has 0 aliphatic carbocycles. The van der Waals surface area contributed by atoms with E-state index in [9.17, 15) is 0 Å². The van der Waals surface area contributed by atoms with Gasteiger partial charge in [0.25, 0.3) is 6.33 Å². The number of rotatable bonds is 3. The number of aromatic nitrogens is 4. The predicted molar refractivity (Wildman–Crippen MR) is 190 cm³/mol. The molecule has 48 heavy (non-hydrogen) atoms. The van der Waals surface area contributed by atoms with Crippen LogP contribution >= 0.6 is 0 Å². The normalized spacial score (nSPS) is 11.3. The Morgan fingerprint density at radius 3 is 2.15 bits per heavy atom. The number of hydrogen-bond acceptors (Lipinski definition) is 1. The molecule has 0 saturated carbocycles. The number of imidazole rings is 1. The third-order valence-electron chi connectivity index (χ3n) is 8.85. The Balaban J connectivity index is 0.000000203. The van der Waals surface area contributed by atoms with Gasteiger partial charge >= 0.3 is 20.1 Å². The number of pyridine rings is 1. The number of aryl methyl sites for hydroxylation is 1. The summed E-state index contributed by atoms with van der Waals surface area (Å²) in [6.45, 7) is 2.03. The van der Waals surface area contributed by atoms with Gasteiger partial charge in [-0.3, -0.25) is 4.57 Å². The maximum atomic E-state index is 4.32. The molecule has 10 aromatic rings. The standard InChI is InChI=1S/C31H18N3.C12H10N.Ir/c1-2-9-21(10-3-1)32-20-33(29-16-7-6-15-28(29)32)22-17-18-24-26-13-8-12-25-23-11-4-5-14-27(23)34(31(25)26)30(24)19-22;1-10-7-8-12(13-9-10)11-5-3-2-4-6-11;/h1-16,18-19H;2-5,7-9H,1H3;/q2*-1;+3. The Bertz CT molecular complexity index is 2670. The van der Waals surface area contributed by atoms with Gasteiger partial charge in [0.05, 0.1) is 22.2 Å². The first-order valence-corrected chi connectivity index (χ1v) is 15.7. The monoisotopic (exact) mass is 793 g/mol. The van der Waals surface area contributed by atoms with E-state index < -0.39 is 0 Å². The quantitative estimate of drug-likeness (QED) is 0.129. The summed E-state index contributed by atoms with van der Waals surface area (Å²) in [5, 5.41) is 5.08. The Hall–Kier alpha value is -5.61. The van der Waals surface area contributed by atoms with Crippen molar-refractivity contribution in [1.29, 1.82) is 0 Å². The number of hydrogen-bond donors (Lipinski definition) is 0. The molecular formula is C43H28IrN4+. The molecule has 6 aromatic carbocycles. The van der Waals surface area contributed by atoms with Gasteiger partial charge in [-0.1, -0.05) is 96.5 Å². The number of nitrogens with zero attached hydrogens (tertiary/aromatic N) is 4. The zero-order valence-corrected chi connectivity index (χ0v) is 28.5. The summed E-state index contributed by atoms with van der Waals surface area (Å²) >= 11 is 0. The van der Waals surface area contributed by atoms with E-state index in [2.05, 4.69) is 146 Å². The smallest absolute Gasteiger partial charge is 0.333 e. The van der Waals surface area contributed by atoms with Gasteiger partial charge in [0.2, 0.25) is 0 Å². The molecule has 4 aromatic heterocycles. The minimum absolute atomic E-state index is 0. The second kappa shape index (κ2) is 12.2. The predicted octanol–water partition coefficient (Wildman–Crippen LogP) is 9.51. The molecule has 0 fully saturated rings. The molecule has 0 N–H and O–H groups in total. The van der Waals surface area contributed by atoms with Gasteiger partial charge in [-0.2, -0.15) is 12.1 Å². The van der Waals surface area contributed by atoms with Gasteiger partial charge in [-0.15, -0.1) is 47.3 Å². The van der Waals surface area contributed by atoms with E-state index in [1.807, 2.05) is 49.5 Å². The molecule has 0 spiro atoms. The van der Waals surface area contributed by atoms with Gasteiger partial charge < -0.3 is 14.0 Å². The topological polar surface area (TPSA) is 26.1 Å². The Labute approximate surface area is 291 Å². The van der Waals surface area contributed by atoms with Crippen molar-refractivity contribution in [3.8, 4) is 22.6 Å². The van der Waals surface area contributed by atoms with Crippen molar-refractivity contribution in [3.05, 3.63) is 176 Å². The second-order valence-corrected chi connectivity index (χ2v) is 11.8. The van der Waals surface area contributed by atoms with Gasteiger partial charge in [0.1, 0.15) is 0 Å². The molecule has 10 rings (SSSR count). The van der Waals surface area contributed by atoms with Crippen molar-refractivity contribution in [3.63, 3.8) is 0 Å². The summed E-state index contributed by atoms with van der Waals surface area (Å²) in [5.74, 6) is 0. The summed E-state index contributed by atoms with van der Waals surface area (Å²) in [4.78, 5) is 4.32. The molecule has 0 saturated heterocycles. The fraction of sp³-hybridized carbons (Fsp3) is 0.0233. The van der Waals surface area contributed by atoms with Crippen LogP contribution in [0.4, 0.5) is 0 Å². The average molecular weight is 793 g/mol. The molecule has 5 heteroatoms. The molecule has 228 valence electrons. The molecule has 0 bridgehead atoms. The molecule has 0 radical (unpaired) electrons. The zero-order valence-electron chi connectivity index (χ0n) is 26.1. The van der Waals surface area contributed by atoms with Crippen molar-refractivity contribution in [2.24, 2.45) is 0 Å². The van der Waals surface area contributed by atoms with Crippen LogP contribution in [0.15, 0.2) is 152 Å². The summed E-state index contributed by atoms with van der Waals surface area (Å²) in [5.41, 5.74) is 11.2. The molecule has 4 nitrogen and oxygen atoms in total. The largest absolute Gasteiger partial charge is 3.00 e. The van der Waals surface area contributed by atoms with Crippen molar-refractivity contribution >= 4 is 49.1 Å². The molecule has 0 aliphatic rings. The van der Waals surface area contributed by atoms with Crippen LogP contribution in [0.2, 0.25) is 0 Å². The van der Waals surface area contributed by atoms with Gasteiger partial charge in [-0.25, -0.2) is 0 Å². The Kier molecular flexibility index (Phi) is 7.57. The minimum atomic E-state index is 0. The van der Waals surface area contributed by atoms with Gasteiger partial charge in [0, 0.05) is 22.5 Å². The third kappa shape index (κ3) is 4.87. The summed E-state index contributed by atoms with van der Waals surface area (Å²) in [6, 6.07) is 57.1. The second-order valence-electron chi connectivity index (χ2n) is 11.8. The summed E-state index contributed by atoms with van der Waals surface area (Å²) in [7, 11) is 0. The summed E-state index contributed by atoms with van der Waals surface area (Å²) in [6.07, 6.45) is 5.45. The Morgan fingerprint density at radius 1 is 0.625 bits per heavy atom. The summed E-state index contributed by atoms with van der Waals surface area (Å²) < 4.78 is 6.65. The van der Waals surface area contributed by atoms with E-state index in [0.29, 0.717) is 0 Å². The van der Waals surface area contributed by atoms with E-state index in [0.717, 1.165) is 33.7 Å². The molecule has 4 heterocycles. The first-order valence-electron chi connectivity index (χ1n) is 15.7. The van der Waals surface area contributed by atoms with Crippen molar-refractivity contribution in [1.82, 2.24) is 14.0 Å². The van der Waals surface area contributed by atoms with Crippen LogP contribution in [0.5, 0.6) is 0 Å². The fourth-order valence-corrected chi connectivity index (χ4v) is 6.67. The van der Waals surface area contributed by atoms with Crippen LogP contribution in [-0.2, 0) is 20.1 Å². The van der Waals surface area contributed by atoms with Gasteiger partial charge in [0.15, 0.2) is 0 Å². The maximum Gasteiger partial charge on any atom is 3.00 e. The van der Waals surface area contributed by atoms with Crippen LogP contribution in [0.25, 0.3) is 71.8 Å². The first-order chi connectivity index (χ1) is 23.2. The Morgan fingerprint density at radius 2 is 1.35 bits per heavy atom. The van der Waals surface area contributed by atoms with E-state index in [-0.39, 0.29) is 20.1 Å². The number of para-hydroxylation sites is 5. The zero-order chi connectivity index (χ0) is 31.3. The van der Waals surface area contributed by atoms with Crippen LogP contribution in [0.3, 0.4) is 0 Å². The van der Waals surface area contributed by atoms with Gasteiger partial charge in [-0.05, 0) is 47.5 Å². The SMILES string of the molecule is Cc1ccc(-c2[c-]cccc2)nc1.[Ir+3].[c-]1cc2c3cccc4c5ccccc5n(c2cc1-n1[c-][n+](-c2ccccc2)c2ccccc21)c43. The average Bonchev–Trinajstić information content (AvgIpc) is 3.80. The van der Waals surface area contributed by atoms with Crippen LogP contribution in [-0.4, -0.2) is 14.0 Å². The van der Waals surface area contributed by atoms with Crippen LogP contribution in [0, 0.1) is 25.4 Å². The molecular weight excluding hydrogens is 765 g/mol. The molecule has 0 atom stereocenters. The van der Waals surface area contributed by atoms with Crippen molar-refractivity contribution < 1.29 is 24.7 Å². The van der Waals surface area contributed by atoms with E-state index in [4.69, 9.17) is 0 Å². The molecule has 0 amide bonds. The minimum Gasteiger partial charge on any atom is -0.333 e. The van der Waals surface area contributed by atoms with E-state index in [1.165, 1.54) is 43.7 Å². The third-order valence-corrected chi connectivity index (χ3v) is 8.85. The first kappa shape index (κ1) is 29.8.